The molecular formula is C15H19N5O2S. The topological polar surface area (TPSA) is 75.4 Å². The fourth-order valence-corrected chi connectivity index (χ4v) is 3.64. The number of piperazine rings is 1. The van der Waals surface area contributed by atoms with Gasteiger partial charge in [0, 0.05) is 49.9 Å². The monoisotopic (exact) mass is 333 g/mol. The quantitative estimate of drug-likeness (QED) is 0.632. The van der Waals surface area contributed by atoms with Crippen molar-refractivity contribution in [2.45, 2.75) is 20.4 Å². The first kappa shape index (κ1) is 15.8. The number of nitrogens with zero attached hydrogens (tertiary/aromatic N) is 5. The average molecular weight is 333 g/mol. The Morgan fingerprint density at radius 1 is 1.22 bits per heavy atom. The van der Waals surface area contributed by atoms with Crippen molar-refractivity contribution < 1.29 is 4.92 Å². The number of aryl methyl sites for hydroxylation is 2. The summed E-state index contributed by atoms with van der Waals surface area (Å²) in [6, 6.07) is 1.59. The second-order valence-corrected chi connectivity index (χ2v) is 7.02. The fraction of sp³-hybridized carbons (Fsp3) is 0.467. The van der Waals surface area contributed by atoms with Gasteiger partial charge in [-0.3, -0.25) is 15.0 Å². The average Bonchev–Trinajstić information content (AvgIpc) is 2.93. The third kappa shape index (κ3) is 3.65. The van der Waals surface area contributed by atoms with Gasteiger partial charge in [-0.2, -0.15) is 0 Å². The molecule has 0 radical (unpaired) electrons. The maximum Gasteiger partial charge on any atom is 0.287 e. The Kier molecular flexibility index (Phi) is 4.53. The molecule has 23 heavy (non-hydrogen) atoms. The van der Waals surface area contributed by atoms with Gasteiger partial charge in [-0.25, -0.2) is 9.97 Å². The number of nitro groups is 1. The molecule has 0 spiro atoms. The lowest BCUT2D eigenvalue weighted by atomic mass is 10.2. The van der Waals surface area contributed by atoms with E-state index in [1.165, 1.54) is 11.1 Å². The van der Waals surface area contributed by atoms with Crippen molar-refractivity contribution in [3.05, 3.63) is 44.0 Å². The zero-order valence-corrected chi connectivity index (χ0v) is 14.0. The lowest BCUT2D eigenvalue weighted by Crippen LogP contribution is -2.46. The highest BCUT2D eigenvalue weighted by Crippen LogP contribution is 2.23. The van der Waals surface area contributed by atoms with Crippen LogP contribution in [0.4, 0.5) is 11.5 Å². The van der Waals surface area contributed by atoms with Gasteiger partial charge in [-0.05, 0) is 19.4 Å². The normalized spacial score (nSPS) is 15.8. The van der Waals surface area contributed by atoms with Crippen LogP contribution in [0.3, 0.4) is 0 Å². The van der Waals surface area contributed by atoms with Crippen LogP contribution in [0, 0.1) is 24.0 Å². The molecule has 1 aliphatic heterocycles. The number of hydrogen-bond donors (Lipinski definition) is 0. The van der Waals surface area contributed by atoms with Crippen LogP contribution >= 0.6 is 11.3 Å². The summed E-state index contributed by atoms with van der Waals surface area (Å²) in [6.45, 7) is 8.50. The van der Waals surface area contributed by atoms with Gasteiger partial charge in [-0.15, -0.1) is 11.3 Å². The number of thiazole rings is 1. The van der Waals surface area contributed by atoms with Crippen LogP contribution in [0.2, 0.25) is 0 Å². The minimum absolute atomic E-state index is 0.0467. The highest BCUT2D eigenvalue weighted by Gasteiger charge is 2.21. The largest absolute Gasteiger partial charge is 0.354 e. The van der Waals surface area contributed by atoms with E-state index in [1.807, 2.05) is 20.0 Å². The van der Waals surface area contributed by atoms with Gasteiger partial charge < -0.3 is 4.90 Å². The molecule has 0 atom stereocenters. The van der Waals surface area contributed by atoms with Gasteiger partial charge in [-0.1, -0.05) is 0 Å². The molecule has 0 saturated carbocycles. The molecule has 0 bridgehead atoms. The van der Waals surface area contributed by atoms with Crippen molar-refractivity contribution in [3.8, 4) is 0 Å². The fourth-order valence-electron chi connectivity index (χ4n) is 2.80. The minimum Gasteiger partial charge on any atom is -0.354 e. The Labute approximate surface area is 138 Å². The molecule has 3 heterocycles. The molecule has 0 amide bonds. The molecule has 7 nitrogen and oxygen atoms in total. The zero-order chi connectivity index (χ0) is 16.4. The third-order valence-electron chi connectivity index (χ3n) is 3.97. The van der Waals surface area contributed by atoms with Gasteiger partial charge in [0.2, 0.25) is 0 Å². The first-order valence-corrected chi connectivity index (χ1v) is 8.34. The van der Waals surface area contributed by atoms with Crippen LogP contribution in [0.15, 0.2) is 18.5 Å². The molecule has 8 heteroatoms. The Hall–Kier alpha value is -2.06. The van der Waals surface area contributed by atoms with Gasteiger partial charge in [0.05, 0.1) is 9.93 Å². The molecule has 2 aromatic rings. The summed E-state index contributed by atoms with van der Waals surface area (Å²) >= 11 is 1.74. The maximum atomic E-state index is 10.8. The van der Waals surface area contributed by atoms with E-state index in [1.54, 1.807) is 17.4 Å². The summed E-state index contributed by atoms with van der Waals surface area (Å²) in [6.07, 6.45) is 3.29. The van der Waals surface area contributed by atoms with Crippen LogP contribution in [-0.4, -0.2) is 46.0 Å². The van der Waals surface area contributed by atoms with Crippen molar-refractivity contribution in [1.29, 1.82) is 0 Å². The van der Waals surface area contributed by atoms with Crippen molar-refractivity contribution in [2.75, 3.05) is 31.1 Å². The molecule has 2 aromatic heterocycles. The molecule has 1 fully saturated rings. The number of aromatic nitrogens is 2. The first-order chi connectivity index (χ1) is 11.0. The van der Waals surface area contributed by atoms with Gasteiger partial charge in [0.15, 0.2) is 0 Å². The lowest BCUT2D eigenvalue weighted by Gasteiger charge is -2.35. The Morgan fingerprint density at radius 2 is 1.96 bits per heavy atom. The van der Waals surface area contributed by atoms with E-state index in [9.17, 15) is 10.1 Å². The smallest absolute Gasteiger partial charge is 0.287 e. The summed E-state index contributed by atoms with van der Waals surface area (Å²) in [5.74, 6) is 0.851. The summed E-state index contributed by atoms with van der Waals surface area (Å²) in [4.78, 5) is 24.9. The first-order valence-electron chi connectivity index (χ1n) is 7.52. The minimum atomic E-state index is -0.404. The predicted octanol–water partition coefficient (Wildman–Crippen LogP) is 2.39. The van der Waals surface area contributed by atoms with Gasteiger partial charge in [0.25, 0.3) is 5.69 Å². The van der Waals surface area contributed by atoms with Crippen molar-refractivity contribution in [2.24, 2.45) is 0 Å². The second-order valence-electron chi connectivity index (χ2n) is 5.70. The van der Waals surface area contributed by atoms with Crippen LogP contribution in [0.5, 0.6) is 0 Å². The number of hydrogen-bond acceptors (Lipinski definition) is 7. The van der Waals surface area contributed by atoms with E-state index < -0.39 is 4.92 Å². The molecular weight excluding hydrogens is 314 g/mol. The SMILES string of the molecule is Cc1ncc(CN2CCN(c3ncc([N+](=O)[O-])cc3C)CC2)s1. The van der Waals surface area contributed by atoms with Crippen LogP contribution in [0.1, 0.15) is 15.4 Å². The Morgan fingerprint density at radius 3 is 2.52 bits per heavy atom. The molecule has 0 aromatic carbocycles. The van der Waals surface area contributed by atoms with Gasteiger partial charge in [0.1, 0.15) is 12.0 Å². The number of anilines is 1. The summed E-state index contributed by atoms with van der Waals surface area (Å²) < 4.78 is 0. The van der Waals surface area contributed by atoms with E-state index in [0.717, 1.165) is 49.1 Å². The summed E-state index contributed by atoms with van der Waals surface area (Å²) in [5, 5.41) is 11.9. The number of pyridine rings is 1. The van der Waals surface area contributed by atoms with Crippen LogP contribution in [-0.2, 0) is 6.54 Å². The molecule has 0 N–H and O–H groups in total. The van der Waals surface area contributed by atoms with Crippen LogP contribution in [0.25, 0.3) is 0 Å². The van der Waals surface area contributed by atoms with Crippen molar-refractivity contribution in [1.82, 2.24) is 14.9 Å². The van der Waals surface area contributed by atoms with Crippen molar-refractivity contribution >= 4 is 22.8 Å². The van der Waals surface area contributed by atoms with Gasteiger partial charge >= 0.3 is 0 Å². The van der Waals surface area contributed by atoms with Crippen molar-refractivity contribution in [3.63, 3.8) is 0 Å². The molecule has 0 unspecified atom stereocenters. The van der Waals surface area contributed by atoms with E-state index >= 15 is 0 Å². The van der Waals surface area contributed by atoms with Crippen LogP contribution < -0.4 is 4.90 Å². The highest BCUT2D eigenvalue weighted by molar-refractivity contribution is 7.11. The summed E-state index contributed by atoms with van der Waals surface area (Å²) in [5.41, 5.74) is 0.899. The third-order valence-corrected chi connectivity index (χ3v) is 4.86. The summed E-state index contributed by atoms with van der Waals surface area (Å²) in [7, 11) is 0. The second kappa shape index (κ2) is 6.59. The maximum absolute atomic E-state index is 10.8. The molecule has 1 aliphatic rings. The van der Waals surface area contributed by atoms with E-state index in [4.69, 9.17) is 0 Å². The lowest BCUT2D eigenvalue weighted by molar-refractivity contribution is -0.385. The van der Waals surface area contributed by atoms with E-state index in [0.29, 0.717) is 0 Å². The molecule has 0 aliphatic carbocycles. The van der Waals surface area contributed by atoms with E-state index in [-0.39, 0.29) is 5.69 Å². The molecule has 3 rings (SSSR count). The number of rotatable bonds is 4. The molecule has 122 valence electrons. The highest BCUT2D eigenvalue weighted by atomic mass is 32.1. The predicted molar refractivity (Wildman–Crippen MR) is 90.0 cm³/mol. The Bertz CT molecular complexity index is 710. The zero-order valence-electron chi connectivity index (χ0n) is 13.2. The molecule has 1 saturated heterocycles. The Balaban J connectivity index is 1.61. The van der Waals surface area contributed by atoms with E-state index in [2.05, 4.69) is 19.8 Å². The standard InChI is InChI=1S/C15H19N5O2S/c1-11-7-13(20(21)22)8-17-15(11)19-5-3-18(4-6-19)10-14-9-16-12(2)23-14/h7-9H,3-6,10H2,1-2H3.